The molecule has 0 fully saturated rings. The van der Waals surface area contributed by atoms with Crippen molar-refractivity contribution in [3.05, 3.63) is 23.8 Å². The fourth-order valence-electron chi connectivity index (χ4n) is 2.43. The van der Waals surface area contributed by atoms with Crippen molar-refractivity contribution in [1.29, 1.82) is 0 Å². The average Bonchev–Trinajstić information content (AvgIpc) is 2.48. The number of carbonyl (C=O) groups excluding carboxylic acids is 1. The van der Waals surface area contributed by atoms with Crippen LogP contribution < -0.4 is 10.1 Å². The van der Waals surface area contributed by atoms with E-state index in [1.165, 1.54) is 0 Å². The number of benzene rings is 1. The van der Waals surface area contributed by atoms with E-state index in [1.807, 2.05) is 52.8 Å². The van der Waals surface area contributed by atoms with Crippen LogP contribution in [0.1, 0.15) is 59.4 Å². The van der Waals surface area contributed by atoms with Crippen LogP contribution in [0, 0.1) is 6.92 Å². The van der Waals surface area contributed by atoms with Gasteiger partial charge in [0.15, 0.2) is 0 Å². The molecule has 1 aromatic rings. The summed E-state index contributed by atoms with van der Waals surface area (Å²) in [5, 5.41) is 2.98. The summed E-state index contributed by atoms with van der Waals surface area (Å²) in [4.78, 5) is 12.6. The van der Waals surface area contributed by atoms with Gasteiger partial charge < -0.3 is 14.8 Å². The van der Waals surface area contributed by atoms with Crippen molar-refractivity contribution in [2.75, 3.05) is 11.9 Å². The smallest absolute Gasteiger partial charge is 0.256 e. The minimum absolute atomic E-state index is 0.0928. The lowest BCUT2D eigenvalue weighted by Gasteiger charge is -2.28. The minimum atomic E-state index is -0.786. The van der Waals surface area contributed by atoms with Gasteiger partial charge in [-0.25, -0.2) is 0 Å². The fraction of sp³-hybridized carbons (Fsp3) is 0.632. The van der Waals surface area contributed by atoms with E-state index < -0.39 is 5.60 Å². The second-order valence-corrected chi connectivity index (χ2v) is 6.43. The van der Waals surface area contributed by atoms with E-state index in [-0.39, 0.29) is 12.0 Å². The first-order valence-electron chi connectivity index (χ1n) is 8.55. The first-order valence-corrected chi connectivity index (χ1v) is 8.55. The van der Waals surface area contributed by atoms with Crippen molar-refractivity contribution in [1.82, 2.24) is 0 Å². The van der Waals surface area contributed by atoms with Gasteiger partial charge in [-0.2, -0.15) is 0 Å². The summed E-state index contributed by atoms with van der Waals surface area (Å²) >= 11 is 0. The molecular weight excluding hydrogens is 290 g/mol. The Kier molecular flexibility index (Phi) is 7.56. The molecule has 0 radical (unpaired) electrons. The average molecular weight is 321 g/mol. The van der Waals surface area contributed by atoms with E-state index in [0.717, 1.165) is 29.8 Å². The monoisotopic (exact) mass is 321 g/mol. The Morgan fingerprint density at radius 1 is 1.26 bits per heavy atom. The van der Waals surface area contributed by atoms with E-state index in [0.29, 0.717) is 13.0 Å². The van der Waals surface area contributed by atoms with Crippen molar-refractivity contribution in [2.24, 2.45) is 0 Å². The van der Waals surface area contributed by atoms with Gasteiger partial charge in [-0.3, -0.25) is 4.79 Å². The molecule has 4 nitrogen and oxygen atoms in total. The maximum absolute atomic E-state index is 12.6. The minimum Gasteiger partial charge on any atom is -0.491 e. The van der Waals surface area contributed by atoms with Crippen molar-refractivity contribution in [3.8, 4) is 5.75 Å². The Balaban J connectivity index is 2.84. The van der Waals surface area contributed by atoms with E-state index in [1.54, 1.807) is 0 Å². The van der Waals surface area contributed by atoms with Gasteiger partial charge in [0.2, 0.25) is 0 Å². The van der Waals surface area contributed by atoms with E-state index in [4.69, 9.17) is 9.47 Å². The molecule has 130 valence electrons. The SMILES string of the molecule is CCCO[C@](C)(CCC)C(=O)Nc1ccc(OC(C)C)c(C)c1. The number of nitrogens with one attached hydrogen (secondary N) is 1. The second-order valence-electron chi connectivity index (χ2n) is 6.43. The van der Waals surface area contributed by atoms with Crippen molar-refractivity contribution in [2.45, 2.75) is 72.5 Å². The third kappa shape index (κ3) is 5.87. The molecule has 0 aliphatic rings. The summed E-state index contributed by atoms with van der Waals surface area (Å²) in [6.45, 7) is 12.5. The van der Waals surface area contributed by atoms with E-state index >= 15 is 0 Å². The van der Waals surface area contributed by atoms with Gasteiger partial charge in [0.25, 0.3) is 5.91 Å². The Morgan fingerprint density at radius 3 is 2.48 bits per heavy atom. The van der Waals surface area contributed by atoms with Gasteiger partial charge in [0, 0.05) is 12.3 Å². The largest absolute Gasteiger partial charge is 0.491 e. The van der Waals surface area contributed by atoms with Gasteiger partial charge in [0.1, 0.15) is 11.4 Å². The molecule has 0 heterocycles. The van der Waals surface area contributed by atoms with Gasteiger partial charge in [-0.1, -0.05) is 20.3 Å². The first-order chi connectivity index (χ1) is 10.8. The maximum atomic E-state index is 12.6. The Morgan fingerprint density at radius 2 is 1.96 bits per heavy atom. The molecule has 0 saturated heterocycles. The number of amides is 1. The van der Waals surface area contributed by atoms with Crippen LogP contribution in [0.2, 0.25) is 0 Å². The Labute approximate surface area is 140 Å². The lowest BCUT2D eigenvalue weighted by molar-refractivity contribution is -0.140. The predicted octanol–water partition coefficient (Wildman–Crippen LogP) is 4.71. The van der Waals surface area contributed by atoms with Crippen LogP contribution in [0.3, 0.4) is 0 Å². The molecule has 0 aliphatic heterocycles. The number of anilines is 1. The summed E-state index contributed by atoms with van der Waals surface area (Å²) in [6.07, 6.45) is 2.62. The molecule has 0 bridgehead atoms. The summed E-state index contributed by atoms with van der Waals surface area (Å²) in [6, 6.07) is 5.70. The first kappa shape index (κ1) is 19.5. The fourth-order valence-corrected chi connectivity index (χ4v) is 2.43. The predicted molar refractivity (Wildman–Crippen MR) is 95.1 cm³/mol. The molecule has 0 spiro atoms. The van der Waals surface area contributed by atoms with Crippen molar-refractivity contribution >= 4 is 11.6 Å². The standard InChI is InChI=1S/C19H31NO3/c1-7-11-19(6,22-12-8-2)18(21)20-16-9-10-17(15(5)13-16)23-14(3)4/h9-10,13-14H,7-8,11-12H2,1-6H3,(H,20,21)/t19-/m1/s1. The van der Waals surface area contributed by atoms with Crippen molar-refractivity contribution in [3.63, 3.8) is 0 Å². The number of hydrogen-bond donors (Lipinski definition) is 1. The normalized spacial score (nSPS) is 13.7. The van der Waals surface area contributed by atoms with Gasteiger partial charge in [-0.15, -0.1) is 0 Å². The van der Waals surface area contributed by atoms with Gasteiger partial charge >= 0.3 is 0 Å². The summed E-state index contributed by atoms with van der Waals surface area (Å²) in [5.41, 5.74) is 0.986. The second kappa shape index (κ2) is 8.92. The number of ether oxygens (including phenoxy) is 2. The summed E-state index contributed by atoms with van der Waals surface area (Å²) in [5.74, 6) is 0.751. The third-order valence-electron chi connectivity index (χ3n) is 3.63. The highest BCUT2D eigenvalue weighted by Crippen LogP contribution is 2.25. The van der Waals surface area contributed by atoms with Crippen LogP contribution in [0.25, 0.3) is 0 Å². The molecular formula is C19H31NO3. The number of hydrogen-bond acceptors (Lipinski definition) is 3. The zero-order valence-electron chi connectivity index (χ0n) is 15.4. The van der Waals surface area contributed by atoms with E-state index in [2.05, 4.69) is 12.2 Å². The zero-order chi connectivity index (χ0) is 17.5. The zero-order valence-corrected chi connectivity index (χ0v) is 15.4. The molecule has 1 rings (SSSR count). The topological polar surface area (TPSA) is 47.6 Å². The summed E-state index contributed by atoms with van der Waals surface area (Å²) < 4.78 is 11.5. The molecule has 0 saturated carbocycles. The third-order valence-corrected chi connectivity index (χ3v) is 3.63. The van der Waals surface area contributed by atoms with Crippen LogP contribution in [0.15, 0.2) is 18.2 Å². The van der Waals surface area contributed by atoms with Crippen LogP contribution in [-0.2, 0) is 9.53 Å². The lowest BCUT2D eigenvalue weighted by atomic mass is 9.98. The highest BCUT2D eigenvalue weighted by molar-refractivity contribution is 5.97. The Bertz CT molecular complexity index is 513. The van der Waals surface area contributed by atoms with Gasteiger partial charge in [0.05, 0.1) is 6.10 Å². The van der Waals surface area contributed by atoms with Crippen molar-refractivity contribution < 1.29 is 14.3 Å². The number of aryl methyl sites for hydroxylation is 1. The molecule has 1 aromatic carbocycles. The highest BCUT2D eigenvalue weighted by Gasteiger charge is 2.33. The molecule has 0 aromatic heterocycles. The van der Waals surface area contributed by atoms with E-state index in [9.17, 15) is 4.79 Å². The van der Waals surface area contributed by atoms with Gasteiger partial charge in [-0.05, 0) is 64.3 Å². The quantitative estimate of drug-likeness (QED) is 0.717. The molecule has 1 N–H and O–H groups in total. The molecule has 1 atom stereocenters. The number of carbonyl (C=O) groups is 1. The molecule has 0 unspecified atom stereocenters. The lowest BCUT2D eigenvalue weighted by Crippen LogP contribution is -2.43. The molecule has 0 aliphatic carbocycles. The summed E-state index contributed by atoms with van der Waals surface area (Å²) in [7, 11) is 0. The van der Waals surface area contributed by atoms with Crippen LogP contribution in [0.4, 0.5) is 5.69 Å². The molecule has 23 heavy (non-hydrogen) atoms. The molecule has 4 heteroatoms. The number of rotatable bonds is 9. The maximum Gasteiger partial charge on any atom is 0.256 e. The van der Waals surface area contributed by atoms with Crippen LogP contribution in [-0.4, -0.2) is 24.2 Å². The highest BCUT2D eigenvalue weighted by atomic mass is 16.5. The van der Waals surface area contributed by atoms with Crippen LogP contribution >= 0.6 is 0 Å². The Hall–Kier alpha value is -1.55. The molecule has 1 amide bonds. The van der Waals surface area contributed by atoms with Crippen LogP contribution in [0.5, 0.6) is 5.75 Å².